The number of carboxylic acids is 1. The van der Waals surface area contributed by atoms with Crippen LogP contribution in [0.2, 0.25) is 0 Å². The van der Waals surface area contributed by atoms with Gasteiger partial charge in [0.05, 0.1) is 29.1 Å². The van der Waals surface area contributed by atoms with Crippen molar-refractivity contribution >= 4 is 21.9 Å². The van der Waals surface area contributed by atoms with Crippen molar-refractivity contribution < 1.29 is 9.90 Å². The van der Waals surface area contributed by atoms with Crippen LogP contribution in [0.1, 0.15) is 15.9 Å². The van der Waals surface area contributed by atoms with E-state index >= 15 is 0 Å². The largest absolute Gasteiger partial charge is 0.478 e. The quantitative estimate of drug-likeness (QED) is 0.920. The lowest BCUT2D eigenvalue weighted by atomic mass is 10.2. The molecule has 1 aromatic heterocycles. The van der Waals surface area contributed by atoms with E-state index in [0.29, 0.717) is 15.7 Å². The fourth-order valence-corrected chi connectivity index (χ4v) is 1.89. The van der Waals surface area contributed by atoms with E-state index in [1.807, 2.05) is 6.07 Å². The SMILES string of the molecule is N#Cc1ccc(-n2cc(C(=O)O)cn2)c(Br)c1. The van der Waals surface area contributed by atoms with Crippen LogP contribution in [0.3, 0.4) is 0 Å². The first-order valence-corrected chi connectivity index (χ1v) is 5.39. The molecule has 0 aliphatic heterocycles. The molecule has 0 spiro atoms. The molecule has 0 bridgehead atoms. The van der Waals surface area contributed by atoms with Gasteiger partial charge in [-0.15, -0.1) is 0 Å². The summed E-state index contributed by atoms with van der Waals surface area (Å²) in [5.41, 5.74) is 1.31. The van der Waals surface area contributed by atoms with Gasteiger partial charge in [0.1, 0.15) is 0 Å². The monoisotopic (exact) mass is 291 g/mol. The minimum absolute atomic E-state index is 0.112. The Kier molecular flexibility index (Phi) is 2.93. The van der Waals surface area contributed by atoms with Gasteiger partial charge >= 0.3 is 5.97 Å². The van der Waals surface area contributed by atoms with Gasteiger partial charge in [0.2, 0.25) is 0 Å². The van der Waals surface area contributed by atoms with Crippen molar-refractivity contribution in [3.63, 3.8) is 0 Å². The molecule has 2 rings (SSSR count). The van der Waals surface area contributed by atoms with Crippen molar-refractivity contribution in [3.05, 3.63) is 46.2 Å². The number of carboxylic acid groups (broad SMARTS) is 1. The van der Waals surface area contributed by atoms with Gasteiger partial charge in [0.25, 0.3) is 0 Å². The average molecular weight is 292 g/mol. The molecule has 84 valence electrons. The Balaban J connectivity index is 2.46. The van der Waals surface area contributed by atoms with E-state index in [1.165, 1.54) is 17.1 Å². The van der Waals surface area contributed by atoms with Gasteiger partial charge in [-0.1, -0.05) is 0 Å². The molecule has 0 saturated heterocycles. The first kappa shape index (κ1) is 11.4. The lowest BCUT2D eigenvalue weighted by Crippen LogP contribution is -1.97. The molecule has 2 aromatic rings. The lowest BCUT2D eigenvalue weighted by molar-refractivity contribution is 0.0697. The maximum atomic E-state index is 10.7. The van der Waals surface area contributed by atoms with E-state index < -0.39 is 5.97 Å². The van der Waals surface area contributed by atoms with Crippen LogP contribution in [0.25, 0.3) is 5.69 Å². The van der Waals surface area contributed by atoms with Crippen molar-refractivity contribution in [2.24, 2.45) is 0 Å². The van der Waals surface area contributed by atoms with Crippen molar-refractivity contribution in [2.75, 3.05) is 0 Å². The fourth-order valence-electron chi connectivity index (χ4n) is 1.33. The van der Waals surface area contributed by atoms with Gasteiger partial charge < -0.3 is 5.11 Å². The summed E-state index contributed by atoms with van der Waals surface area (Å²) in [6.45, 7) is 0. The van der Waals surface area contributed by atoms with Crippen LogP contribution in [-0.2, 0) is 0 Å². The minimum Gasteiger partial charge on any atom is -0.478 e. The zero-order valence-corrected chi connectivity index (χ0v) is 10.0. The highest BCUT2D eigenvalue weighted by Gasteiger charge is 2.09. The highest BCUT2D eigenvalue weighted by atomic mass is 79.9. The molecule has 0 fully saturated rings. The molecule has 1 heterocycles. The van der Waals surface area contributed by atoms with Crippen LogP contribution in [0.4, 0.5) is 0 Å². The number of halogens is 1. The number of nitrogens with zero attached hydrogens (tertiary/aromatic N) is 3. The van der Waals surface area contributed by atoms with E-state index in [0.717, 1.165) is 0 Å². The molecule has 0 amide bonds. The molecular weight excluding hydrogens is 286 g/mol. The van der Waals surface area contributed by atoms with Crippen LogP contribution in [0.5, 0.6) is 0 Å². The van der Waals surface area contributed by atoms with Gasteiger partial charge in [-0.3, -0.25) is 0 Å². The number of aromatic carboxylic acids is 1. The third kappa shape index (κ3) is 2.19. The maximum absolute atomic E-state index is 10.7. The lowest BCUT2D eigenvalue weighted by Gasteiger charge is -2.03. The first-order chi connectivity index (χ1) is 8.11. The Labute approximate surface area is 105 Å². The Hall–Kier alpha value is -2.13. The molecular formula is C11H6BrN3O2. The molecule has 0 saturated carbocycles. The van der Waals surface area contributed by atoms with Crippen LogP contribution in [-0.4, -0.2) is 20.9 Å². The molecule has 1 N–H and O–H groups in total. The molecule has 5 nitrogen and oxygen atoms in total. The van der Waals surface area contributed by atoms with Crippen LogP contribution < -0.4 is 0 Å². The molecule has 0 unspecified atom stereocenters. The van der Waals surface area contributed by atoms with E-state index in [2.05, 4.69) is 21.0 Å². The van der Waals surface area contributed by atoms with Crippen molar-refractivity contribution in [2.45, 2.75) is 0 Å². The summed E-state index contributed by atoms with van der Waals surface area (Å²) < 4.78 is 2.12. The van der Waals surface area contributed by atoms with Crippen LogP contribution in [0, 0.1) is 11.3 Å². The maximum Gasteiger partial charge on any atom is 0.338 e. The molecule has 0 radical (unpaired) electrons. The standard InChI is InChI=1S/C11H6BrN3O2/c12-9-3-7(4-13)1-2-10(9)15-6-8(5-14-15)11(16)17/h1-3,5-6H,(H,16,17). The predicted molar refractivity (Wildman–Crippen MR) is 62.9 cm³/mol. The minimum atomic E-state index is -1.03. The zero-order chi connectivity index (χ0) is 12.4. The average Bonchev–Trinajstić information content (AvgIpc) is 2.78. The number of hydrogen-bond acceptors (Lipinski definition) is 3. The molecule has 17 heavy (non-hydrogen) atoms. The molecule has 0 aliphatic rings. The predicted octanol–water partition coefficient (Wildman–Crippen LogP) is 2.20. The van der Waals surface area contributed by atoms with Crippen molar-refractivity contribution in [3.8, 4) is 11.8 Å². The summed E-state index contributed by atoms with van der Waals surface area (Å²) in [5.74, 6) is -1.03. The summed E-state index contributed by atoms with van der Waals surface area (Å²) in [4.78, 5) is 10.7. The van der Waals surface area contributed by atoms with Gasteiger partial charge in [-0.2, -0.15) is 10.4 Å². The third-order valence-electron chi connectivity index (χ3n) is 2.15. The smallest absolute Gasteiger partial charge is 0.338 e. The second kappa shape index (κ2) is 4.39. The Morgan fingerprint density at radius 1 is 1.53 bits per heavy atom. The Morgan fingerprint density at radius 2 is 2.29 bits per heavy atom. The summed E-state index contributed by atoms with van der Waals surface area (Å²) >= 11 is 3.31. The van der Waals surface area contributed by atoms with E-state index in [4.69, 9.17) is 10.4 Å². The van der Waals surface area contributed by atoms with E-state index in [1.54, 1.807) is 18.2 Å². The van der Waals surface area contributed by atoms with Gasteiger partial charge in [-0.05, 0) is 34.1 Å². The second-order valence-electron chi connectivity index (χ2n) is 3.26. The van der Waals surface area contributed by atoms with Gasteiger partial charge in [0, 0.05) is 10.7 Å². The summed E-state index contributed by atoms with van der Waals surface area (Å²) in [5, 5.41) is 21.5. The van der Waals surface area contributed by atoms with E-state index in [9.17, 15) is 4.79 Å². The van der Waals surface area contributed by atoms with Crippen LogP contribution >= 0.6 is 15.9 Å². The fraction of sp³-hybridized carbons (Fsp3) is 0. The van der Waals surface area contributed by atoms with Gasteiger partial charge in [-0.25, -0.2) is 9.48 Å². The first-order valence-electron chi connectivity index (χ1n) is 4.60. The topological polar surface area (TPSA) is 78.9 Å². The highest BCUT2D eigenvalue weighted by molar-refractivity contribution is 9.10. The Morgan fingerprint density at radius 3 is 2.82 bits per heavy atom. The molecule has 0 atom stereocenters. The summed E-state index contributed by atoms with van der Waals surface area (Å²) in [7, 11) is 0. The van der Waals surface area contributed by atoms with E-state index in [-0.39, 0.29) is 5.56 Å². The normalized spacial score (nSPS) is 9.88. The Bertz CT molecular complexity index is 628. The summed E-state index contributed by atoms with van der Waals surface area (Å²) in [6, 6.07) is 7.00. The zero-order valence-electron chi connectivity index (χ0n) is 8.46. The number of nitriles is 1. The molecule has 0 aliphatic carbocycles. The van der Waals surface area contributed by atoms with Gasteiger partial charge in [0.15, 0.2) is 0 Å². The highest BCUT2D eigenvalue weighted by Crippen LogP contribution is 2.22. The number of benzene rings is 1. The number of carbonyl (C=O) groups is 1. The van der Waals surface area contributed by atoms with Crippen molar-refractivity contribution in [1.29, 1.82) is 5.26 Å². The summed E-state index contributed by atoms with van der Waals surface area (Å²) in [6.07, 6.45) is 2.68. The molecule has 6 heteroatoms. The van der Waals surface area contributed by atoms with Crippen molar-refractivity contribution in [1.82, 2.24) is 9.78 Å². The second-order valence-corrected chi connectivity index (χ2v) is 4.11. The number of rotatable bonds is 2. The molecule has 1 aromatic carbocycles. The number of hydrogen-bond donors (Lipinski definition) is 1. The number of aromatic nitrogens is 2. The van der Waals surface area contributed by atoms with Crippen LogP contribution in [0.15, 0.2) is 35.1 Å². The third-order valence-corrected chi connectivity index (χ3v) is 2.79.